The zero-order valence-corrected chi connectivity index (χ0v) is 20.1. The van der Waals surface area contributed by atoms with Crippen LogP contribution in [0.5, 0.6) is 11.5 Å². The van der Waals surface area contributed by atoms with Crippen LogP contribution in [0.1, 0.15) is 38.9 Å². The van der Waals surface area contributed by atoms with Gasteiger partial charge in [0.1, 0.15) is 29.5 Å². The number of hydrogen-bond acceptors (Lipinski definition) is 6. The van der Waals surface area contributed by atoms with Crippen LogP contribution >= 0.6 is 0 Å². The molecule has 0 bridgehead atoms. The topological polar surface area (TPSA) is 103 Å². The SMILES string of the molecule is COc1ccc(C(NC(=O)c2cnc(COCc3ccccc3)[nH]c2=O)c2ccc(OC)cc2)cc1. The maximum atomic E-state index is 13.1. The number of carbonyl (C=O) groups excluding carboxylic acids is 1. The highest BCUT2D eigenvalue weighted by molar-refractivity contribution is 5.94. The van der Waals surface area contributed by atoms with Crippen molar-refractivity contribution >= 4 is 5.91 Å². The normalized spacial score (nSPS) is 10.8. The molecule has 0 radical (unpaired) electrons. The summed E-state index contributed by atoms with van der Waals surface area (Å²) in [6, 6.07) is 23.9. The predicted octanol–water partition coefficient (Wildman–Crippen LogP) is 4.02. The minimum absolute atomic E-state index is 0.0890. The number of aromatic nitrogens is 2. The van der Waals surface area contributed by atoms with Crippen LogP contribution in [0.3, 0.4) is 0 Å². The van der Waals surface area contributed by atoms with Crippen molar-refractivity contribution in [1.29, 1.82) is 0 Å². The summed E-state index contributed by atoms with van der Waals surface area (Å²) in [6.45, 7) is 0.505. The Morgan fingerprint density at radius 1 is 0.861 bits per heavy atom. The Kier molecular flexibility index (Phi) is 8.10. The van der Waals surface area contributed by atoms with Gasteiger partial charge >= 0.3 is 0 Å². The lowest BCUT2D eigenvalue weighted by molar-refractivity contribution is 0.0937. The molecule has 0 spiro atoms. The summed E-state index contributed by atoms with van der Waals surface area (Å²) < 4.78 is 16.1. The summed E-state index contributed by atoms with van der Waals surface area (Å²) in [7, 11) is 3.18. The Morgan fingerprint density at radius 3 is 1.97 bits per heavy atom. The average Bonchev–Trinajstić information content (AvgIpc) is 2.92. The Bertz CT molecular complexity index is 1290. The Morgan fingerprint density at radius 2 is 1.44 bits per heavy atom. The number of benzene rings is 3. The summed E-state index contributed by atoms with van der Waals surface area (Å²) >= 11 is 0. The molecule has 4 rings (SSSR count). The van der Waals surface area contributed by atoms with E-state index < -0.39 is 17.5 Å². The lowest BCUT2D eigenvalue weighted by atomic mass is 9.98. The van der Waals surface area contributed by atoms with E-state index in [1.54, 1.807) is 14.2 Å². The first-order valence-corrected chi connectivity index (χ1v) is 11.4. The minimum Gasteiger partial charge on any atom is -0.497 e. The number of carbonyl (C=O) groups is 1. The molecule has 0 aliphatic carbocycles. The van der Waals surface area contributed by atoms with E-state index in [9.17, 15) is 9.59 Å². The number of nitrogens with one attached hydrogen (secondary N) is 2. The quantitative estimate of drug-likeness (QED) is 0.352. The van der Waals surface area contributed by atoms with Crippen LogP contribution < -0.4 is 20.3 Å². The first-order chi connectivity index (χ1) is 17.6. The number of H-pyrrole nitrogens is 1. The van der Waals surface area contributed by atoms with E-state index in [0.717, 1.165) is 16.7 Å². The van der Waals surface area contributed by atoms with Crippen molar-refractivity contribution in [2.24, 2.45) is 0 Å². The van der Waals surface area contributed by atoms with E-state index in [0.29, 0.717) is 23.9 Å². The van der Waals surface area contributed by atoms with E-state index in [2.05, 4.69) is 15.3 Å². The van der Waals surface area contributed by atoms with Gasteiger partial charge in [0.25, 0.3) is 11.5 Å². The summed E-state index contributed by atoms with van der Waals surface area (Å²) in [5, 5.41) is 2.95. The van der Waals surface area contributed by atoms with Gasteiger partial charge in [0.05, 0.1) is 26.9 Å². The highest BCUT2D eigenvalue weighted by Crippen LogP contribution is 2.26. The second-order valence-corrected chi connectivity index (χ2v) is 8.00. The highest BCUT2D eigenvalue weighted by Gasteiger charge is 2.20. The molecule has 0 aliphatic rings. The number of ether oxygens (including phenoxy) is 3. The maximum absolute atomic E-state index is 13.1. The molecule has 184 valence electrons. The fourth-order valence-corrected chi connectivity index (χ4v) is 3.67. The number of aromatic amines is 1. The Balaban J connectivity index is 1.50. The molecule has 4 aromatic rings. The minimum atomic E-state index is -0.544. The lowest BCUT2D eigenvalue weighted by Gasteiger charge is -2.20. The fourth-order valence-electron chi connectivity index (χ4n) is 3.67. The zero-order valence-electron chi connectivity index (χ0n) is 20.1. The molecule has 1 aromatic heterocycles. The summed E-state index contributed by atoms with van der Waals surface area (Å²) in [5.41, 5.74) is 2.03. The summed E-state index contributed by atoms with van der Waals surface area (Å²) in [5.74, 6) is 1.19. The smallest absolute Gasteiger partial charge is 0.263 e. The summed E-state index contributed by atoms with van der Waals surface area (Å²) in [4.78, 5) is 32.7. The van der Waals surface area contributed by atoms with Crippen molar-refractivity contribution in [2.75, 3.05) is 14.2 Å². The van der Waals surface area contributed by atoms with Gasteiger partial charge < -0.3 is 24.5 Å². The Hall–Kier alpha value is -4.43. The molecular formula is C28H27N3O5. The van der Waals surface area contributed by atoms with Crippen molar-refractivity contribution in [3.63, 3.8) is 0 Å². The molecule has 0 fully saturated rings. The third kappa shape index (κ3) is 6.17. The van der Waals surface area contributed by atoms with Crippen LogP contribution in [-0.2, 0) is 18.0 Å². The molecule has 8 heteroatoms. The van der Waals surface area contributed by atoms with Crippen LogP contribution in [0.25, 0.3) is 0 Å². The van der Waals surface area contributed by atoms with Gasteiger partial charge in [0, 0.05) is 6.20 Å². The lowest BCUT2D eigenvalue weighted by Crippen LogP contribution is -2.34. The number of amides is 1. The van der Waals surface area contributed by atoms with Gasteiger partial charge in [-0.15, -0.1) is 0 Å². The van der Waals surface area contributed by atoms with E-state index in [4.69, 9.17) is 14.2 Å². The summed E-state index contributed by atoms with van der Waals surface area (Å²) in [6.07, 6.45) is 1.27. The van der Waals surface area contributed by atoms with E-state index in [1.165, 1.54) is 6.20 Å². The van der Waals surface area contributed by atoms with Crippen molar-refractivity contribution < 1.29 is 19.0 Å². The van der Waals surface area contributed by atoms with Gasteiger partial charge in [-0.2, -0.15) is 0 Å². The van der Waals surface area contributed by atoms with E-state index >= 15 is 0 Å². The van der Waals surface area contributed by atoms with Gasteiger partial charge in [-0.1, -0.05) is 54.6 Å². The molecule has 1 heterocycles. The van der Waals surface area contributed by atoms with Gasteiger partial charge in [-0.25, -0.2) is 4.98 Å². The monoisotopic (exact) mass is 485 g/mol. The number of methoxy groups -OCH3 is 2. The molecule has 2 N–H and O–H groups in total. The van der Waals surface area contributed by atoms with Crippen molar-refractivity contribution in [1.82, 2.24) is 15.3 Å². The second kappa shape index (κ2) is 11.8. The fraction of sp³-hybridized carbons (Fsp3) is 0.179. The molecule has 36 heavy (non-hydrogen) atoms. The van der Waals surface area contributed by atoms with Crippen LogP contribution in [0.4, 0.5) is 0 Å². The largest absolute Gasteiger partial charge is 0.497 e. The van der Waals surface area contributed by atoms with Crippen molar-refractivity contribution in [3.05, 3.63) is 123 Å². The van der Waals surface area contributed by atoms with Crippen molar-refractivity contribution in [2.45, 2.75) is 19.3 Å². The van der Waals surface area contributed by atoms with Gasteiger partial charge in [-0.05, 0) is 41.0 Å². The standard InChI is InChI=1S/C28H27N3O5/c1-34-22-12-8-20(9-13-22)26(21-10-14-23(35-2)15-11-21)31-28(33)24-16-29-25(30-27(24)32)18-36-17-19-6-4-3-5-7-19/h3-16,26H,17-18H2,1-2H3,(H,31,33)(H,29,30,32). The third-order valence-corrected chi connectivity index (χ3v) is 5.62. The van der Waals surface area contributed by atoms with Crippen LogP contribution in [0.15, 0.2) is 89.9 Å². The third-order valence-electron chi connectivity index (χ3n) is 5.62. The number of nitrogens with zero attached hydrogens (tertiary/aromatic N) is 1. The number of rotatable bonds is 10. The van der Waals surface area contributed by atoms with E-state index in [1.807, 2.05) is 78.9 Å². The van der Waals surface area contributed by atoms with E-state index in [-0.39, 0.29) is 12.2 Å². The molecule has 0 aliphatic heterocycles. The molecule has 3 aromatic carbocycles. The highest BCUT2D eigenvalue weighted by atomic mass is 16.5. The average molecular weight is 486 g/mol. The molecule has 0 saturated heterocycles. The van der Waals surface area contributed by atoms with Crippen LogP contribution in [-0.4, -0.2) is 30.1 Å². The Labute approximate surface area is 208 Å². The van der Waals surface area contributed by atoms with Crippen LogP contribution in [0, 0.1) is 0 Å². The molecule has 0 unspecified atom stereocenters. The molecular weight excluding hydrogens is 458 g/mol. The first-order valence-electron chi connectivity index (χ1n) is 11.4. The first kappa shape index (κ1) is 24.7. The van der Waals surface area contributed by atoms with Gasteiger partial charge in [0.2, 0.25) is 0 Å². The molecule has 0 atom stereocenters. The molecule has 0 saturated carbocycles. The number of hydrogen-bond donors (Lipinski definition) is 2. The van der Waals surface area contributed by atoms with Gasteiger partial charge in [-0.3, -0.25) is 9.59 Å². The predicted molar refractivity (Wildman–Crippen MR) is 135 cm³/mol. The molecule has 8 nitrogen and oxygen atoms in total. The zero-order chi connectivity index (χ0) is 25.3. The maximum Gasteiger partial charge on any atom is 0.263 e. The van der Waals surface area contributed by atoms with Gasteiger partial charge in [0.15, 0.2) is 0 Å². The second-order valence-electron chi connectivity index (χ2n) is 8.00. The van der Waals surface area contributed by atoms with Crippen LogP contribution in [0.2, 0.25) is 0 Å². The van der Waals surface area contributed by atoms with Crippen molar-refractivity contribution in [3.8, 4) is 11.5 Å². The molecule has 1 amide bonds.